The van der Waals surface area contributed by atoms with E-state index in [0.29, 0.717) is 29.9 Å². The number of Topliss-reactive ketones (excluding diaryl/α,β-unsaturated/α-hetero) is 1. The van der Waals surface area contributed by atoms with E-state index in [1.807, 2.05) is 19.1 Å². The predicted molar refractivity (Wildman–Crippen MR) is 108 cm³/mol. The van der Waals surface area contributed by atoms with Crippen LogP contribution < -0.4 is 10.4 Å². The Labute approximate surface area is 168 Å². The molecule has 6 nitrogen and oxygen atoms in total. The average Bonchev–Trinajstić information content (AvgIpc) is 2.71. The first-order chi connectivity index (χ1) is 14.0. The van der Waals surface area contributed by atoms with Gasteiger partial charge in [-0.3, -0.25) is 9.59 Å². The first kappa shape index (κ1) is 20.3. The third-order valence-electron chi connectivity index (χ3n) is 4.49. The Bertz CT molecular complexity index is 1080. The Morgan fingerprint density at radius 2 is 1.83 bits per heavy atom. The van der Waals surface area contributed by atoms with Crippen molar-refractivity contribution in [1.82, 2.24) is 0 Å². The van der Waals surface area contributed by atoms with Crippen molar-refractivity contribution < 1.29 is 23.5 Å². The lowest BCUT2D eigenvalue weighted by atomic mass is 10.0. The maximum absolute atomic E-state index is 12.4. The number of rotatable bonds is 8. The van der Waals surface area contributed by atoms with Gasteiger partial charge >= 0.3 is 11.6 Å². The summed E-state index contributed by atoms with van der Waals surface area (Å²) in [6.07, 6.45) is 0.556. The fraction of sp³-hybridized carbons (Fsp3) is 0.261. The molecule has 0 fully saturated rings. The van der Waals surface area contributed by atoms with Crippen molar-refractivity contribution in [2.24, 2.45) is 0 Å². The van der Waals surface area contributed by atoms with Crippen LogP contribution in [0.2, 0.25) is 0 Å². The molecule has 0 radical (unpaired) electrons. The van der Waals surface area contributed by atoms with Gasteiger partial charge in [0.15, 0.2) is 12.4 Å². The van der Waals surface area contributed by atoms with E-state index >= 15 is 0 Å². The van der Waals surface area contributed by atoms with Gasteiger partial charge in [0.25, 0.3) is 0 Å². The summed E-state index contributed by atoms with van der Waals surface area (Å²) in [5, 5.41) is 0.755. The maximum Gasteiger partial charge on any atom is 0.336 e. The topological polar surface area (TPSA) is 82.8 Å². The normalized spacial score (nSPS) is 10.7. The van der Waals surface area contributed by atoms with Gasteiger partial charge in [0.05, 0.1) is 6.61 Å². The third kappa shape index (κ3) is 5.10. The molecule has 0 aliphatic rings. The average molecular weight is 394 g/mol. The van der Waals surface area contributed by atoms with Gasteiger partial charge in [-0.2, -0.15) is 0 Å². The highest BCUT2D eigenvalue weighted by atomic mass is 16.5. The lowest BCUT2D eigenvalue weighted by Crippen LogP contribution is -2.13. The molecule has 0 atom stereocenters. The molecule has 0 N–H and O–H groups in total. The highest BCUT2D eigenvalue weighted by Crippen LogP contribution is 2.28. The van der Waals surface area contributed by atoms with E-state index < -0.39 is 5.63 Å². The lowest BCUT2D eigenvalue weighted by Gasteiger charge is -2.13. The van der Waals surface area contributed by atoms with E-state index in [0.717, 1.165) is 16.5 Å². The maximum atomic E-state index is 12.4. The summed E-state index contributed by atoms with van der Waals surface area (Å²) in [5.74, 6) is -0.0808. The van der Waals surface area contributed by atoms with E-state index in [2.05, 4.69) is 0 Å². The SMILES string of the molecule is CCOC(=O)CCc1cc2c(C)cc(=O)oc2cc1OCC(=O)c1ccccc1. The zero-order valence-electron chi connectivity index (χ0n) is 16.4. The number of hydrogen-bond acceptors (Lipinski definition) is 6. The van der Waals surface area contributed by atoms with Gasteiger partial charge in [0.1, 0.15) is 11.3 Å². The number of benzene rings is 2. The van der Waals surface area contributed by atoms with Crippen LogP contribution in [0.5, 0.6) is 5.75 Å². The molecular weight excluding hydrogens is 372 g/mol. The summed E-state index contributed by atoms with van der Waals surface area (Å²) >= 11 is 0. The summed E-state index contributed by atoms with van der Waals surface area (Å²) in [4.78, 5) is 35.9. The molecule has 1 aromatic heterocycles. The minimum atomic E-state index is -0.458. The summed E-state index contributed by atoms with van der Waals surface area (Å²) in [6, 6.07) is 13.7. The van der Waals surface area contributed by atoms with Crippen LogP contribution in [0.1, 0.15) is 34.8 Å². The smallest absolute Gasteiger partial charge is 0.336 e. The molecule has 3 rings (SSSR count). The molecule has 0 unspecified atom stereocenters. The van der Waals surface area contributed by atoms with E-state index in [9.17, 15) is 14.4 Å². The molecule has 0 aliphatic heterocycles. The second-order valence-electron chi connectivity index (χ2n) is 6.59. The Kier molecular flexibility index (Phi) is 6.44. The number of ether oxygens (including phenoxy) is 2. The van der Waals surface area contributed by atoms with Crippen LogP contribution in [-0.4, -0.2) is 25.0 Å². The number of ketones is 1. The summed E-state index contributed by atoms with van der Waals surface area (Å²) in [6.45, 7) is 3.71. The van der Waals surface area contributed by atoms with Gasteiger partial charge in [-0.1, -0.05) is 30.3 Å². The fourth-order valence-corrected chi connectivity index (χ4v) is 3.04. The molecule has 2 aromatic carbocycles. The standard InChI is InChI=1S/C23H22O6/c1-3-27-22(25)10-9-17-12-18-15(2)11-23(26)29-21(18)13-20(17)28-14-19(24)16-7-5-4-6-8-16/h4-8,11-13H,3,9-10,14H2,1-2H3. The quantitative estimate of drug-likeness (QED) is 0.328. The second kappa shape index (κ2) is 9.19. The number of aryl methyl sites for hydroxylation is 2. The van der Waals surface area contributed by atoms with Gasteiger partial charge in [0, 0.05) is 29.5 Å². The highest BCUT2D eigenvalue weighted by Gasteiger charge is 2.14. The van der Waals surface area contributed by atoms with E-state index in [1.165, 1.54) is 6.07 Å². The Morgan fingerprint density at radius 3 is 2.55 bits per heavy atom. The van der Waals surface area contributed by atoms with Gasteiger partial charge in [-0.05, 0) is 37.5 Å². The van der Waals surface area contributed by atoms with E-state index in [-0.39, 0.29) is 24.8 Å². The van der Waals surface area contributed by atoms with Crippen molar-refractivity contribution >= 4 is 22.7 Å². The minimum absolute atomic E-state index is 0.169. The van der Waals surface area contributed by atoms with Gasteiger partial charge in [-0.25, -0.2) is 4.79 Å². The molecule has 0 aliphatic carbocycles. The first-order valence-corrected chi connectivity index (χ1v) is 9.42. The number of carbonyl (C=O) groups is 2. The third-order valence-corrected chi connectivity index (χ3v) is 4.49. The van der Waals surface area contributed by atoms with E-state index in [1.54, 1.807) is 37.3 Å². The Balaban J connectivity index is 1.89. The van der Waals surface area contributed by atoms with Crippen molar-refractivity contribution in [2.45, 2.75) is 26.7 Å². The monoisotopic (exact) mass is 394 g/mol. The Morgan fingerprint density at radius 1 is 1.07 bits per heavy atom. The van der Waals surface area contributed by atoms with Crippen molar-refractivity contribution in [2.75, 3.05) is 13.2 Å². The van der Waals surface area contributed by atoms with Crippen LogP contribution >= 0.6 is 0 Å². The molecule has 0 spiro atoms. The molecule has 0 bridgehead atoms. The summed E-state index contributed by atoms with van der Waals surface area (Å²) in [5.41, 5.74) is 1.96. The van der Waals surface area contributed by atoms with Crippen molar-refractivity contribution in [3.63, 3.8) is 0 Å². The van der Waals surface area contributed by atoms with Crippen LogP contribution in [-0.2, 0) is 16.0 Å². The highest BCUT2D eigenvalue weighted by molar-refractivity contribution is 5.97. The van der Waals surface area contributed by atoms with Crippen LogP contribution in [0.3, 0.4) is 0 Å². The van der Waals surface area contributed by atoms with Crippen LogP contribution in [0.15, 0.2) is 57.7 Å². The van der Waals surface area contributed by atoms with Crippen LogP contribution in [0.25, 0.3) is 11.0 Å². The van der Waals surface area contributed by atoms with Gasteiger partial charge in [0.2, 0.25) is 0 Å². The zero-order chi connectivity index (χ0) is 20.8. The van der Waals surface area contributed by atoms with Crippen molar-refractivity contribution in [3.05, 3.63) is 75.6 Å². The molecule has 3 aromatic rings. The molecule has 6 heteroatoms. The fourth-order valence-electron chi connectivity index (χ4n) is 3.04. The number of hydrogen-bond donors (Lipinski definition) is 0. The van der Waals surface area contributed by atoms with Gasteiger partial charge < -0.3 is 13.9 Å². The summed E-state index contributed by atoms with van der Waals surface area (Å²) in [7, 11) is 0. The van der Waals surface area contributed by atoms with E-state index in [4.69, 9.17) is 13.9 Å². The molecule has 1 heterocycles. The first-order valence-electron chi connectivity index (χ1n) is 9.42. The predicted octanol–water partition coefficient (Wildman–Crippen LogP) is 3.86. The number of esters is 1. The second-order valence-corrected chi connectivity index (χ2v) is 6.59. The zero-order valence-corrected chi connectivity index (χ0v) is 16.4. The van der Waals surface area contributed by atoms with Crippen LogP contribution in [0.4, 0.5) is 0 Å². The Hall–Kier alpha value is -3.41. The largest absolute Gasteiger partial charge is 0.485 e. The molecule has 0 saturated carbocycles. The summed E-state index contributed by atoms with van der Waals surface area (Å²) < 4.78 is 16.0. The minimum Gasteiger partial charge on any atom is -0.485 e. The van der Waals surface area contributed by atoms with Crippen LogP contribution in [0, 0.1) is 6.92 Å². The van der Waals surface area contributed by atoms with Crippen molar-refractivity contribution in [1.29, 1.82) is 0 Å². The number of fused-ring (bicyclic) bond motifs is 1. The lowest BCUT2D eigenvalue weighted by molar-refractivity contribution is -0.143. The molecule has 0 saturated heterocycles. The van der Waals surface area contributed by atoms with Crippen molar-refractivity contribution in [3.8, 4) is 5.75 Å². The molecule has 29 heavy (non-hydrogen) atoms. The number of carbonyl (C=O) groups excluding carboxylic acids is 2. The molecule has 150 valence electrons. The van der Waals surface area contributed by atoms with Gasteiger partial charge in [-0.15, -0.1) is 0 Å². The molecule has 0 amide bonds. The molecular formula is C23H22O6.